The Balaban J connectivity index is 2.93. The van der Waals surface area contributed by atoms with Crippen molar-refractivity contribution in [1.82, 2.24) is 4.98 Å². The molecule has 0 amide bonds. The quantitative estimate of drug-likeness (QED) is 0.618. The van der Waals surface area contributed by atoms with E-state index in [0.29, 0.717) is 5.39 Å². The number of hydrogen-bond acceptors (Lipinski definition) is 2. The zero-order valence-electron chi connectivity index (χ0n) is 5.34. The largest absolute Gasteiger partial charge is 0.242 e. The molecule has 0 atom stereocenters. The number of nitrogens with zero attached hydrogens (tertiary/aromatic N) is 1. The Morgan fingerprint density at radius 1 is 1.55 bits per heavy atom. The van der Waals surface area contributed by atoms with Gasteiger partial charge in [0, 0.05) is 5.39 Å². The smallest absolute Gasteiger partial charge is 0.160 e. The Morgan fingerprint density at radius 3 is 3.18 bits per heavy atom. The summed E-state index contributed by atoms with van der Waals surface area (Å²) in [5.74, 6) is -0.461. The number of pyridine rings is 1. The van der Waals surface area contributed by atoms with Crippen molar-refractivity contribution < 1.29 is 4.39 Å². The molecule has 0 saturated carbocycles. The highest BCUT2D eigenvalue weighted by Crippen LogP contribution is 2.27. The standard InChI is InChI=1S/C7H3ClFNS/c8-6-4-1-2-11-7(4)10-3-5(6)9/h1-3H. The van der Waals surface area contributed by atoms with Crippen LogP contribution in [0.4, 0.5) is 4.39 Å². The van der Waals surface area contributed by atoms with Gasteiger partial charge in [-0.25, -0.2) is 9.37 Å². The van der Waals surface area contributed by atoms with Crippen LogP contribution < -0.4 is 0 Å². The van der Waals surface area contributed by atoms with E-state index in [1.165, 1.54) is 11.3 Å². The van der Waals surface area contributed by atoms with Gasteiger partial charge in [-0.15, -0.1) is 11.3 Å². The first-order valence-electron chi connectivity index (χ1n) is 2.96. The second-order valence-electron chi connectivity index (χ2n) is 2.06. The van der Waals surface area contributed by atoms with Crippen LogP contribution in [0.15, 0.2) is 17.6 Å². The minimum Gasteiger partial charge on any atom is -0.242 e. The number of aromatic nitrogens is 1. The first-order valence-corrected chi connectivity index (χ1v) is 4.22. The minimum absolute atomic E-state index is 0.163. The number of fused-ring (bicyclic) bond motifs is 1. The van der Waals surface area contributed by atoms with Crippen LogP contribution in [0.3, 0.4) is 0 Å². The lowest BCUT2D eigenvalue weighted by molar-refractivity contribution is 0.625. The van der Waals surface area contributed by atoms with Crippen LogP contribution in [0.25, 0.3) is 10.2 Å². The van der Waals surface area contributed by atoms with Gasteiger partial charge in [-0.3, -0.25) is 0 Å². The summed E-state index contributed by atoms with van der Waals surface area (Å²) in [7, 11) is 0. The van der Waals surface area contributed by atoms with Crippen LogP contribution in [0.1, 0.15) is 0 Å². The topological polar surface area (TPSA) is 12.9 Å². The van der Waals surface area contributed by atoms with Crippen LogP contribution in [0.5, 0.6) is 0 Å². The summed E-state index contributed by atoms with van der Waals surface area (Å²) < 4.78 is 12.7. The molecular weight excluding hydrogens is 185 g/mol. The highest BCUT2D eigenvalue weighted by molar-refractivity contribution is 7.16. The van der Waals surface area contributed by atoms with Crippen molar-refractivity contribution >= 4 is 33.2 Å². The van der Waals surface area contributed by atoms with Gasteiger partial charge >= 0.3 is 0 Å². The molecule has 1 nitrogen and oxygen atoms in total. The molecule has 56 valence electrons. The van der Waals surface area contributed by atoms with Crippen LogP contribution in [-0.2, 0) is 0 Å². The molecule has 4 heteroatoms. The fourth-order valence-electron chi connectivity index (χ4n) is 0.869. The monoisotopic (exact) mass is 187 g/mol. The molecule has 0 N–H and O–H groups in total. The Bertz CT molecular complexity index is 398. The molecule has 0 aliphatic carbocycles. The molecule has 2 heterocycles. The maximum absolute atomic E-state index is 12.7. The Kier molecular flexibility index (Phi) is 1.55. The molecule has 0 aliphatic rings. The van der Waals surface area contributed by atoms with Crippen molar-refractivity contribution in [3.63, 3.8) is 0 Å². The van der Waals surface area contributed by atoms with Gasteiger partial charge < -0.3 is 0 Å². The summed E-state index contributed by atoms with van der Waals surface area (Å²) >= 11 is 7.11. The van der Waals surface area contributed by atoms with Crippen molar-refractivity contribution in [2.75, 3.05) is 0 Å². The Morgan fingerprint density at radius 2 is 2.36 bits per heavy atom. The van der Waals surface area contributed by atoms with Gasteiger partial charge in [-0.1, -0.05) is 11.6 Å². The normalized spacial score (nSPS) is 10.7. The summed E-state index contributed by atoms with van der Waals surface area (Å²) in [6, 6.07) is 1.76. The first kappa shape index (κ1) is 7.00. The first-order chi connectivity index (χ1) is 5.29. The number of hydrogen-bond donors (Lipinski definition) is 0. The predicted molar refractivity (Wildman–Crippen MR) is 44.6 cm³/mol. The van der Waals surface area contributed by atoms with E-state index in [9.17, 15) is 4.39 Å². The molecule has 0 aliphatic heterocycles. The summed E-state index contributed by atoms with van der Waals surface area (Å²) in [5, 5.41) is 2.69. The van der Waals surface area contributed by atoms with Crippen LogP contribution in [0.2, 0.25) is 5.02 Å². The number of rotatable bonds is 0. The van der Waals surface area contributed by atoms with E-state index in [0.717, 1.165) is 11.0 Å². The summed E-state index contributed by atoms with van der Waals surface area (Å²) in [5.41, 5.74) is 0. The van der Waals surface area contributed by atoms with Crippen molar-refractivity contribution in [3.05, 3.63) is 28.5 Å². The third-order valence-corrected chi connectivity index (χ3v) is 2.59. The molecule has 0 fully saturated rings. The fraction of sp³-hybridized carbons (Fsp3) is 0. The highest BCUT2D eigenvalue weighted by Gasteiger charge is 2.05. The third-order valence-electron chi connectivity index (χ3n) is 1.39. The third kappa shape index (κ3) is 1.01. The fourth-order valence-corrected chi connectivity index (χ4v) is 1.87. The lowest BCUT2D eigenvalue weighted by Gasteiger charge is -1.92. The second-order valence-corrected chi connectivity index (χ2v) is 3.33. The molecular formula is C7H3ClFNS. The van der Waals surface area contributed by atoms with Crippen molar-refractivity contribution in [2.24, 2.45) is 0 Å². The van der Waals surface area contributed by atoms with Crippen molar-refractivity contribution in [1.29, 1.82) is 0 Å². The van der Waals surface area contributed by atoms with Crippen LogP contribution in [0, 0.1) is 5.82 Å². The van der Waals surface area contributed by atoms with E-state index in [1.807, 2.05) is 5.38 Å². The summed E-state index contributed by atoms with van der Waals surface area (Å²) in [6.07, 6.45) is 1.14. The van der Waals surface area contributed by atoms with Crippen molar-refractivity contribution in [3.8, 4) is 0 Å². The van der Waals surface area contributed by atoms with Gasteiger partial charge in [-0.05, 0) is 11.4 Å². The molecule has 2 aromatic rings. The van der Waals surface area contributed by atoms with Gasteiger partial charge in [0.05, 0.1) is 11.2 Å². The molecule has 0 aromatic carbocycles. The molecule has 0 saturated heterocycles. The Hall–Kier alpha value is -0.670. The highest BCUT2D eigenvalue weighted by atomic mass is 35.5. The lowest BCUT2D eigenvalue weighted by atomic mass is 10.3. The average Bonchev–Trinajstić information content (AvgIpc) is 2.45. The van der Waals surface area contributed by atoms with E-state index in [1.54, 1.807) is 6.07 Å². The zero-order chi connectivity index (χ0) is 7.84. The number of thiophene rings is 1. The van der Waals surface area contributed by atoms with Gasteiger partial charge in [0.25, 0.3) is 0 Å². The summed E-state index contributed by atoms with van der Waals surface area (Å²) in [6.45, 7) is 0. The maximum Gasteiger partial charge on any atom is 0.160 e. The molecule has 0 bridgehead atoms. The molecule has 0 radical (unpaired) electrons. The van der Waals surface area contributed by atoms with Crippen molar-refractivity contribution in [2.45, 2.75) is 0 Å². The van der Waals surface area contributed by atoms with E-state index >= 15 is 0 Å². The maximum atomic E-state index is 12.7. The summed E-state index contributed by atoms with van der Waals surface area (Å²) in [4.78, 5) is 4.64. The molecule has 2 aromatic heterocycles. The van der Waals surface area contributed by atoms with Gasteiger partial charge in [0.15, 0.2) is 5.82 Å². The minimum atomic E-state index is -0.461. The van der Waals surface area contributed by atoms with Crippen LogP contribution >= 0.6 is 22.9 Å². The van der Waals surface area contributed by atoms with Crippen LogP contribution in [-0.4, -0.2) is 4.98 Å². The van der Waals surface area contributed by atoms with E-state index in [4.69, 9.17) is 11.6 Å². The zero-order valence-corrected chi connectivity index (χ0v) is 6.92. The Labute approximate surface area is 71.4 Å². The molecule has 11 heavy (non-hydrogen) atoms. The predicted octanol–water partition coefficient (Wildman–Crippen LogP) is 3.09. The van der Waals surface area contributed by atoms with Gasteiger partial charge in [-0.2, -0.15) is 0 Å². The average molecular weight is 188 g/mol. The molecule has 0 unspecified atom stereocenters. The number of halogens is 2. The van der Waals surface area contributed by atoms with Gasteiger partial charge in [0.2, 0.25) is 0 Å². The van der Waals surface area contributed by atoms with E-state index in [2.05, 4.69) is 4.98 Å². The van der Waals surface area contributed by atoms with E-state index in [-0.39, 0.29) is 5.02 Å². The molecule has 2 rings (SSSR count). The SMILES string of the molecule is Fc1cnc2sccc2c1Cl. The van der Waals surface area contributed by atoms with E-state index < -0.39 is 5.82 Å². The lowest BCUT2D eigenvalue weighted by Crippen LogP contribution is -1.79. The van der Waals surface area contributed by atoms with Gasteiger partial charge in [0.1, 0.15) is 4.83 Å². The second kappa shape index (κ2) is 2.43. The molecule has 0 spiro atoms.